The van der Waals surface area contributed by atoms with E-state index < -0.39 is 0 Å². The number of amides is 2. The standard InChI is InChI=1S/C19H29N3O2/c1-13-4-6-16(7-5-13)12-21-18(23)17-8-10-22(11-9-17)19(24)14(2)15(3)20/h4-7,14-15,17H,8-12,20H2,1-3H3,(H,21,23). The highest BCUT2D eigenvalue weighted by atomic mass is 16.2. The molecule has 3 N–H and O–H groups in total. The lowest BCUT2D eigenvalue weighted by molar-refractivity contribution is -0.139. The van der Waals surface area contributed by atoms with Crippen molar-refractivity contribution in [3.05, 3.63) is 35.4 Å². The zero-order chi connectivity index (χ0) is 17.7. The first-order valence-electron chi connectivity index (χ1n) is 8.76. The fraction of sp³-hybridized carbons (Fsp3) is 0.579. The molecule has 5 heteroatoms. The molecule has 1 aliphatic rings. The van der Waals surface area contributed by atoms with Crippen LogP contribution in [0.15, 0.2) is 24.3 Å². The topological polar surface area (TPSA) is 75.4 Å². The van der Waals surface area contributed by atoms with E-state index in [-0.39, 0.29) is 29.7 Å². The summed E-state index contributed by atoms with van der Waals surface area (Å²) < 4.78 is 0. The average Bonchev–Trinajstić information content (AvgIpc) is 2.59. The van der Waals surface area contributed by atoms with Crippen molar-refractivity contribution >= 4 is 11.8 Å². The molecule has 2 amide bonds. The molecule has 2 atom stereocenters. The fourth-order valence-corrected chi connectivity index (χ4v) is 2.91. The predicted octanol–water partition coefficient (Wildman–Crippen LogP) is 1.83. The predicted molar refractivity (Wildman–Crippen MR) is 95.1 cm³/mol. The van der Waals surface area contributed by atoms with E-state index in [1.165, 1.54) is 5.56 Å². The molecular weight excluding hydrogens is 302 g/mol. The fourth-order valence-electron chi connectivity index (χ4n) is 2.91. The molecule has 0 radical (unpaired) electrons. The summed E-state index contributed by atoms with van der Waals surface area (Å²) in [5.74, 6) is 0.00782. The van der Waals surface area contributed by atoms with Gasteiger partial charge >= 0.3 is 0 Å². The van der Waals surface area contributed by atoms with Gasteiger partial charge in [0.1, 0.15) is 0 Å². The second kappa shape index (κ2) is 8.29. The van der Waals surface area contributed by atoms with Crippen LogP contribution >= 0.6 is 0 Å². The Morgan fingerprint density at radius 3 is 2.33 bits per heavy atom. The molecule has 1 aliphatic heterocycles. The number of aryl methyl sites for hydroxylation is 1. The van der Waals surface area contributed by atoms with Crippen molar-refractivity contribution in [2.24, 2.45) is 17.6 Å². The van der Waals surface area contributed by atoms with Crippen molar-refractivity contribution in [1.82, 2.24) is 10.2 Å². The molecule has 0 spiro atoms. The Morgan fingerprint density at radius 2 is 1.79 bits per heavy atom. The van der Waals surface area contributed by atoms with E-state index in [0.29, 0.717) is 19.6 Å². The molecule has 1 heterocycles. The van der Waals surface area contributed by atoms with Crippen molar-refractivity contribution in [1.29, 1.82) is 0 Å². The second-order valence-corrected chi connectivity index (χ2v) is 6.95. The molecule has 0 aliphatic carbocycles. The Bertz CT molecular complexity index is 560. The molecule has 1 saturated heterocycles. The molecule has 132 valence electrons. The zero-order valence-electron chi connectivity index (χ0n) is 14.9. The van der Waals surface area contributed by atoms with Crippen LogP contribution in [0.3, 0.4) is 0 Å². The Balaban J connectivity index is 1.78. The summed E-state index contributed by atoms with van der Waals surface area (Å²) >= 11 is 0. The van der Waals surface area contributed by atoms with E-state index in [2.05, 4.69) is 5.32 Å². The molecule has 24 heavy (non-hydrogen) atoms. The van der Waals surface area contributed by atoms with Crippen LogP contribution < -0.4 is 11.1 Å². The highest BCUT2D eigenvalue weighted by Crippen LogP contribution is 2.20. The molecule has 1 aromatic carbocycles. The smallest absolute Gasteiger partial charge is 0.226 e. The number of carbonyl (C=O) groups is 2. The number of piperidine rings is 1. The van der Waals surface area contributed by atoms with Crippen molar-refractivity contribution in [2.45, 2.75) is 46.2 Å². The molecule has 0 aromatic heterocycles. The van der Waals surface area contributed by atoms with Gasteiger partial charge in [-0.25, -0.2) is 0 Å². The quantitative estimate of drug-likeness (QED) is 0.864. The Morgan fingerprint density at radius 1 is 1.21 bits per heavy atom. The van der Waals surface area contributed by atoms with Crippen LogP contribution in [0.25, 0.3) is 0 Å². The molecule has 0 saturated carbocycles. The van der Waals surface area contributed by atoms with E-state index in [9.17, 15) is 9.59 Å². The maximum atomic E-state index is 12.3. The third kappa shape index (κ3) is 4.81. The van der Waals surface area contributed by atoms with E-state index in [4.69, 9.17) is 5.73 Å². The Hall–Kier alpha value is -1.88. The summed E-state index contributed by atoms with van der Waals surface area (Å²) in [7, 11) is 0. The van der Waals surface area contributed by atoms with Crippen LogP contribution in [-0.4, -0.2) is 35.8 Å². The van der Waals surface area contributed by atoms with Gasteiger partial charge in [0.15, 0.2) is 0 Å². The summed E-state index contributed by atoms with van der Waals surface area (Å²) in [4.78, 5) is 26.5. The summed E-state index contributed by atoms with van der Waals surface area (Å²) in [6, 6.07) is 8.02. The number of nitrogens with two attached hydrogens (primary N) is 1. The van der Waals surface area contributed by atoms with Gasteiger partial charge in [-0.15, -0.1) is 0 Å². The van der Waals surface area contributed by atoms with Crippen molar-refractivity contribution in [3.8, 4) is 0 Å². The number of hydrogen-bond donors (Lipinski definition) is 2. The van der Waals surface area contributed by atoms with Crippen LogP contribution in [0.4, 0.5) is 0 Å². The Labute approximate surface area is 144 Å². The van der Waals surface area contributed by atoms with Crippen molar-refractivity contribution in [3.63, 3.8) is 0 Å². The number of benzene rings is 1. The number of carbonyl (C=O) groups excluding carboxylic acids is 2. The van der Waals surface area contributed by atoms with Gasteiger partial charge in [0, 0.05) is 31.6 Å². The lowest BCUT2D eigenvalue weighted by Gasteiger charge is -2.33. The van der Waals surface area contributed by atoms with Crippen molar-refractivity contribution < 1.29 is 9.59 Å². The largest absolute Gasteiger partial charge is 0.352 e. The lowest BCUT2D eigenvalue weighted by atomic mass is 9.94. The molecule has 2 rings (SSSR count). The van der Waals surface area contributed by atoms with Gasteiger partial charge in [-0.2, -0.15) is 0 Å². The van der Waals surface area contributed by atoms with Crippen LogP contribution in [0, 0.1) is 18.8 Å². The van der Waals surface area contributed by atoms with E-state index >= 15 is 0 Å². The van der Waals surface area contributed by atoms with E-state index in [1.807, 2.05) is 49.9 Å². The lowest BCUT2D eigenvalue weighted by Crippen LogP contribution is -2.47. The first-order chi connectivity index (χ1) is 11.4. The highest BCUT2D eigenvalue weighted by Gasteiger charge is 2.30. The number of likely N-dealkylation sites (tertiary alicyclic amines) is 1. The number of hydrogen-bond acceptors (Lipinski definition) is 3. The molecule has 1 fully saturated rings. The van der Waals surface area contributed by atoms with Crippen LogP contribution in [0.2, 0.25) is 0 Å². The summed E-state index contributed by atoms with van der Waals surface area (Å²) in [6.45, 7) is 7.60. The van der Waals surface area contributed by atoms with Gasteiger partial charge in [-0.05, 0) is 32.3 Å². The second-order valence-electron chi connectivity index (χ2n) is 6.95. The summed E-state index contributed by atoms with van der Waals surface area (Å²) in [6.07, 6.45) is 1.44. The van der Waals surface area contributed by atoms with Gasteiger partial charge in [0.05, 0.1) is 5.92 Å². The van der Waals surface area contributed by atoms with E-state index in [1.54, 1.807) is 0 Å². The van der Waals surface area contributed by atoms with E-state index in [0.717, 1.165) is 18.4 Å². The van der Waals surface area contributed by atoms with Crippen molar-refractivity contribution in [2.75, 3.05) is 13.1 Å². The van der Waals surface area contributed by atoms with Gasteiger partial charge in [0.2, 0.25) is 11.8 Å². The third-order valence-electron chi connectivity index (χ3n) is 4.94. The molecule has 2 unspecified atom stereocenters. The van der Waals surface area contributed by atoms with Gasteiger partial charge in [0.25, 0.3) is 0 Å². The average molecular weight is 331 g/mol. The summed E-state index contributed by atoms with van der Waals surface area (Å²) in [5.41, 5.74) is 8.13. The maximum Gasteiger partial charge on any atom is 0.226 e. The van der Waals surface area contributed by atoms with Crippen LogP contribution in [0.5, 0.6) is 0 Å². The minimum atomic E-state index is -0.170. The number of nitrogens with zero attached hydrogens (tertiary/aromatic N) is 1. The normalized spacial score (nSPS) is 18.1. The molecule has 5 nitrogen and oxygen atoms in total. The van der Waals surface area contributed by atoms with Gasteiger partial charge in [-0.3, -0.25) is 9.59 Å². The van der Waals surface area contributed by atoms with Gasteiger partial charge in [-0.1, -0.05) is 36.8 Å². The van der Waals surface area contributed by atoms with Crippen LogP contribution in [0.1, 0.15) is 37.8 Å². The number of rotatable bonds is 5. The molecule has 0 bridgehead atoms. The molecular formula is C19H29N3O2. The summed E-state index contributed by atoms with van der Waals surface area (Å²) in [5, 5.41) is 3.01. The minimum absolute atomic E-state index is 0.00916. The SMILES string of the molecule is Cc1ccc(CNC(=O)C2CCN(C(=O)C(C)C(C)N)CC2)cc1. The third-order valence-corrected chi connectivity index (χ3v) is 4.94. The molecule has 1 aromatic rings. The first-order valence-corrected chi connectivity index (χ1v) is 8.76. The monoisotopic (exact) mass is 331 g/mol. The number of nitrogens with one attached hydrogen (secondary N) is 1. The minimum Gasteiger partial charge on any atom is -0.352 e. The van der Waals surface area contributed by atoms with Gasteiger partial charge < -0.3 is 16.0 Å². The van der Waals surface area contributed by atoms with Crippen LogP contribution in [-0.2, 0) is 16.1 Å². The Kier molecular flexibility index (Phi) is 6.37. The highest BCUT2D eigenvalue weighted by molar-refractivity contribution is 5.81. The maximum absolute atomic E-state index is 12.3. The first kappa shape index (κ1) is 18.5. The zero-order valence-corrected chi connectivity index (χ0v) is 14.9.